The van der Waals surface area contributed by atoms with Crippen molar-refractivity contribution in [3.05, 3.63) is 11.1 Å². The van der Waals surface area contributed by atoms with Gasteiger partial charge in [0.15, 0.2) is 5.13 Å². The predicted octanol–water partition coefficient (Wildman–Crippen LogP) is 4.93. The number of hydrogen-bond donors (Lipinski definition) is 2. The molecule has 2 amide bonds. The topological polar surface area (TPSA) is 94.6 Å². The first-order valence-corrected chi connectivity index (χ1v) is 16.0. The molecule has 0 bridgehead atoms. The van der Waals surface area contributed by atoms with E-state index in [4.69, 9.17) is 0 Å². The molecule has 198 valence electrons. The van der Waals surface area contributed by atoms with Crippen LogP contribution in [0, 0.1) is 0 Å². The van der Waals surface area contributed by atoms with E-state index < -0.39 is 15.3 Å². The van der Waals surface area contributed by atoms with Gasteiger partial charge >= 0.3 is 6.03 Å². The monoisotopic (exact) mass is 525 g/mol. The number of piperidine rings is 1. The number of anilines is 1. The van der Waals surface area contributed by atoms with E-state index in [2.05, 4.69) is 24.8 Å². The highest BCUT2D eigenvalue weighted by molar-refractivity contribution is 7.90. The van der Waals surface area contributed by atoms with Gasteiger partial charge in [0.1, 0.15) is 0 Å². The van der Waals surface area contributed by atoms with Gasteiger partial charge in [0.2, 0.25) is 10.0 Å². The zero-order valence-electron chi connectivity index (χ0n) is 21.4. The molecule has 0 unspecified atom stereocenters. The third-order valence-corrected chi connectivity index (χ3v) is 10.7. The summed E-state index contributed by atoms with van der Waals surface area (Å²) in [6.45, 7) is 5.90. The predicted molar refractivity (Wildman–Crippen MR) is 142 cm³/mol. The molecule has 35 heavy (non-hydrogen) atoms. The van der Waals surface area contributed by atoms with Crippen molar-refractivity contribution in [1.82, 2.24) is 19.5 Å². The Bertz CT molecular complexity index is 897. The lowest BCUT2D eigenvalue weighted by Crippen LogP contribution is -2.50. The van der Waals surface area contributed by atoms with Gasteiger partial charge in [-0.3, -0.25) is 10.2 Å². The van der Waals surface area contributed by atoms with Crippen molar-refractivity contribution >= 4 is 32.5 Å². The number of amides is 2. The van der Waals surface area contributed by atoms with Gasteiger partial charge in [0.05, 0.1) is 5.25 Å². The van der Waals surface area contributed by atoms with Crippen molar-refractivity contribution in [2.45, 2.75) is 121 Å². The second-order valence-corrected chi connectivity index (χ2v) is 14.2. The van der Waals surface area contributed by atoms with Gasteiger partial charge in [-0.1, -0.05) is 38.5 Å². The Morgan fingerprint density at radius 3 is 2.14 bits per heavy atom. The minimum Gasteiger partial charge on any atom is -0.319 e. The Kier molecular flexibility index (Phi) is 9.46. The van der Waals surface area contributed by atoms with E-state index in [0.29, 0.717) is 17.2 Å². The molecule has 10 heteroatoms. The normalized spacial score (nSPS) is 21.9. The highest BCUT2D eigenvalue weighted by atomic mass is 32.2. The van der Waals surface area contributed by atoms with Gasteiger partial charge in [-0.05, 0) is 52.4 Å². The molecule has 2 heterocycles. The Labute approximate surface area is 215 Å². The Balaban J connectivity index is 1.30. The fourth-order valence-electron chi connectivity index (χ4n) is 5.74. The lowest BCUT2D eigenvalue weighted by Gasteiger charge is -2.41. The SMILES string of the molecule is CC(C)S(=O)(=O)NC1CCN(Cc2cnc(NC(=O)N(C3CCCCC3)C3CCCCC3)s2)CC1. The van der Waals surface area contributed by atoms with E-state index in [1.807, 2.05) is 6.20 Å². The van der Waals surface area contributed by atoms with Crippen molar-refractivity contribution in [1.29, 1.82) is 0 Å². The van der Waals surface area contributed by atoms with Crippen molar-refractivity contribution in [2.75, 3.05) is 18.4 Å². The molecule has 0 spiro atoms. The summed E-state index contributed by atoms with van der Waals surface area (Å²) in [5, 5.41) is 3.41. The average Bonchev–Trinajstić information content (AvgIpc) is 3.28. The lowest BCUT2D eigenvalue weighted by molar-refractivity contribution is 0.114. The first-order chi connectivity index (χ1) is 16.8. The molecule has 0 aromatic carbocycles. The van der Waals surface area contributed by atoms with Crippen LogP contribution in [0.2, 0.25) is 0 Å². The summed E-state index contributed by atoms with van der Waals surface area (Å²) in [4.78, 5) is 23.6. The van der Waals surface area contributed by atoms with Crippen molar-refractivity contribution < 1.29 is 13.2 Å². The number of carbonyl (C=O) groups is 1. The fourth-order valence-corrected chi connectivity index (χ4v) is 7.56. The van der Waals surface area contributed by atoms with E-state index in [9.17, 15) is 13.2 Å². The third kappa shape index (κ3) is 7.40. The number of aromatic nitrogens is 1. The number of thiazole rings is 1. The van der Waals surface area contributed by atoms with Crippen LogP contribution < -0.4 is 10.0 Å². The molecule has 0 atom stereocenters. The highest BCUT2D eigenvalue weighted by Gasteiger charge is 2.33. The van der Waals surface area contributed by atoms with Gasteiger partial charge < -0.3 is 4.90 Å². The van der Waals surface area contributed by atoms with Gasteiger partial charge in [0.25, 0.3) is 0 Å². The maximum Gasteiger partial charge on any atom is 0.324 e. The molecule has 2 aliphatic carbocycles. The lowest BCUT2D eigenvalue weighted by atomic mass is 9.89. The molecule has 1 aliphatic heterocycles. The molecule has 3 fully saturated rings. The maximum absolute atomic E-state index is 13.4. The summed E-state index contributed by atoms with van der Waals surface area (Å²) in [7, 11) is -3.23. The zero-order chi connectivity index (χ0) is 24.8. The van der Waals surface area contributed by atoms with Crippen LogP contribution in [0.1, 0.15) is 95.8 Å². The minimum absolute atomic E-state index is 0.0144. The first kappa shape index (κ1) is 26.8. The maximum atomic E-state index is 13.4. The molecule has 2 N–H and O–H groups in total. The Morgan fingerprint density at radius 1 is 1.03 bits per heavy atom. The van der Waals surface area contributed by atoms with Crippen molar-refractivity contribution in [3.63, 3.8) is 0 Å². The number of carbonyl (C=O) groups excluding carboxylic acids is 1. The van der Waals surface area contributed by atoms with Crippen LogP contribution in [0.25, 0.3) is 0 Å². The quantitative estimate of drug-likeness (QED) is 0.502. The number of nitrogens with zero attached hydrogens (tertiary/aromatic N) is 3. The van der Waals surface area contributed by atoms with E-state index >= 15 is 0 Å². The molecule has 0 radical (unpaired) electrons. The molecular formula is C25H43N5O3S2. The molecule has 1 aromatic rings. The molecule has 2 saturated carbocycles. The summed E-state index contributed by atoms with van der Waals surface area (Å²) in [5.41, 5.74) is 0. The molecule has 1 saturated heterocycles. The number of sulfonamides is 1. The summed E-state index contributed by atoms with van der Waals surface area (Å²) in [5.74, 6) is 0. The van der Waals surface area contributed by atoms with Crippen LogP contribution in [-0.2, 0) is 16.6 Å². The summed E-state index contributed by atoms with van der Waals surface area (Å²) >= 11 is 1.56. The standard InChI is InChI=1S/C25H43N5O3S2/c1-19(2)35(32,33)28-20-13-15-29(16-14-20)18-23-17-26-24(34-23)27-25(31)30(21-9-5-3-6-10-21)22-11-7-4-8-12-22/h17,19-22,28H,3-16,18H2,1-2H3,(H,26,27,31). The van der Waals surface area contributed by atoms with E-state index in [1.54, 1.807) is 25.2 Å². The molecule has 4 rings (SSSR count). The van der Waals surface area contributed by atoms with Crippen LogP contribution in [-0.4, -0.2) is 65.7 Å². The largest absolute Gasteiger partial charge is 0.324 e. The number of likely N-dealkylation sites (tertiary alicyclic amines) is 1. The molecular weight excluding hydrogens is 482 g/mol. The molecule has 1 aromatic heterocycles. The van der Waals surface area contributed by atoms with E-state index in [-0.39, 0.29) is 12.1 Å². The van der Waals surface area contributed by atoms with Gasteiger partial charge in [-0.2, -0.15) is 0 Å². The van der Waals surface area contributed by atoms with Gasteiger partial charge in [-0.15, -0.1) is 11.3 Å². The van der Waals surface area contributed by atoms with E-state index in [1.165, 1.54) is 38.5 Å². The van der Waals surface area contributed by atoms with Gasteiger partial charge in [0, 0.05) is 48.8 Å². The summed E-state index contributed by atoms with van der Waals surface area (Å²) in [6.07, 6.45) is 15.4. The minimum atomic E-state index is -3.23. The average molecular weight is 526 g/mol. The zero-order valence-corrected chi connectivity index (χ0v) is 23.0. The van der Waals surface area contributed by atoms with Crippen molar-refractivity contribution in [3.8, 4) is 0 Å². The fraction of sp³-hybridized carbons (Fsp3) is 0.840. The molecule has 3 aliphatic rings. The second-order valence-electron chi connectivity index (χ2n) is 10.8. The number of urea groups is 1. The second kappa shape index (κ2) is 12.3. The Morgan fingerprint density at radius 2 is 1.60 bits per heavy atom. The summed E-state index contributed by atoms with van der Waals surface area (Å²) < 4.78 is 27.1. The van der Waals surface area contributed by atoms with Gasteiger partial charge in [-0.25, -0.2) is 22.9 Å². The smallest absolute Gasteiger partial charge is 0.319 e. The third-order valence-electron chi connectivity index (χ3n) is 7.86. The highest BCUT2D eigenvalue weighted by Crippen LogP contribution is 2.31. The Hall–Kier alpha value is -1.23. The van der Waals surface area contributed by atoms with E-state index in [0.717, 1.165) is 63.0 Å². The van der Waals surface area contributed by atoms with Crippen LogP contribution in [0.15, 0.2) is 6.20 Å². The van der Waals surface area contributed by atoms with Crippen LogP contribution >= 0.6 is 11.3 Å². The van der Waals surface area contributed by atoms with Crippen LogP contribution in [0.5, 0.6) is 0 Å². The molecule has 8 nitrogen and oxygen atoms in total. The number of nitrogens with one attached hydrogen (secondary N) is 2. The van der Waals surface area contributed by atoms with Crippen molar-refractivity contribution in [2.24, 2.45) is 0 Å². The number of hydrogen-bond acceptors (Lipinski definition) is 6. The first-order valence-electron chi connectivity index (χ1n) is 13.6. The number of rotatable bonds is 8. The van der Waals surface area contributed by atoms with Crippen LogP contribution in [0.3, 0.4) is 0 Å². The summed E-state index contributed by atoms with van der Waals surface area (Å²) in [6, 6.07) is 0.768. The van der Waals surface area contributed by atoms with Crippen LogP contribution in [0.4, 0.5) is 9.93 Å².